The molecule has 2 N–H and O–H groups in total. The summed E-state index contributed by atoms with van der Waals surface area (Å²) in [5.74, 6) is -0.274. The zero-order valence-electron chi connectivity index (χ0n) is 18.9. The Bertz CT molecular complexity index is 1240. The van der Waals surface area contributed by atoms with Crippen LogP contribution in [0.4, 0.5) is 4.79 Å². The number of amides is 4. The van der Waals surface area contributed by atoms with Gasteiger partial charge < -0.3 is 5.32 Å². The molecule has 172 valence electrons. The molecule has 0 spiro atoms. The molecule has 1 fully saturated rings. The number of hydrazine groups is 1. The highest BCUT2D eigenvalue weighted by atomic mass is 32.2. The van der Waals surface area contributed by atoms with Gasteiger partial charge in [-0.1, -0.05) is 42.1 Å². The number of aryl methyl sites for hydroxylation is 4. The molecule has 1 aromatic carbocycles. The number of carbonyl (C=O) groups excluding carboxylic acids is 3. The molecule has 0 aliphatic carbocycles. The van der Waals surface area contributed by atoms with Crippen molar-refractivity contribution >= 4 is 51.2 Å². The number of rotatable bonds is 7. The lowest BCUT2D eigenvalue weighted by Gasteiger charge is -2.21. The lowest BCUT2D eigenvalue weighted by molar-refractivity contribution is -0.138. The molecule has 0 saturated carbocycles. The summed E-state index contributed by atoms with van der Waals surface area (Å²) >= 11 is 2.87. The minimum Gasteiger partial charge on any atom is -0.322 e. The number of hydrogen-bond donors (Lipinski definition) is 2. The summed E-state index contributed by atoms with van der Waals surface area (Å²) in [6.45, 7) is 7.54. The van der Waals surface area contributed by atoms with Gasteiger partial charge in [0, 0.05) is 10.3 Å². The molecule has 2 aromatic heterocycles. The zero-order chi connectivity index (χ0) is 23.8. The van der Waals surface area contributed by atoms with Crippen LogP contribution in [0.25, 0.3) is 10.2 Å². The van der Waals surface area contributed by atoms with E-state index >= 15 is 0 Å². The Kier molecular flexibility index (Phi) is 6.40. The van der Waals surface area contributed by atoms with Gasteiger partial charge >= 0.3 is 6.03 Å². The summed E-state index contributed by atoms with van der Waals surface area (Å²) in [7, 11) is 0. The molecular formula is C23H25N5O3S2. The van der Waals surface area contributed by atoms with Crippen LogP contribution in [0.15, 0.2) is 35.4 Å². The van der Waals surface area contributed by atoms with Crippen LogP contribution in [-0.4, -0.2) is 44.1 Å². The van der Waals surface area contributed by atoms with Crippen molar-refractivity contribution in [3.05, 3.63) is 52.2 Å². The van der Waals surface area contributed by atoms with Crippen LogP contribution in [0, 0.1) is 20.8 Å². The average molecular weight is 484 g/mol. The standard InChI is InChI=1S/C23H25N5O3S2/c1-13-14(2)33-20-18(13)19(24-15(3)25-20)32-12-17(29)27-28-21(30)23(4,26-22(28)31)11-10-16-8-6-5-7-9-16/h5-9H,10-12H2,1-4H3,(H,26,31)(H,27,29). The number of carbonyl (C=O) groups is 3. The Morgan fingerprint density at radius 2 is 1.91 bits per heavy atom. The third-order valence-corrected chi connectivity index (χ3v) is 7.78. The number of imide groups is 1. The van der Waals surface area contributed by atoms with Crippen molar-refractivity contribution in [2.45, 2.75) is 51.1 Å². The monoisotopic (exact) mass is 483 g/mol. The number of benzene rings is 1. The minimum absolute atomic E-state index is 0.0116. The normalized spacial score (nSPS) is 18.1. The number of thioether (sulfide) groups is 1. The van der Waals surface area contributed by atoms with Crippen LogP contribution in [0.3, 0.4) is 0 Å². The maximum atomic E-state index is 12.9. The maximum absolute atomic E-state index is 12.9. The smallest absolute Gasteiger partial charge is 0.322 e. The second-order valence-corrected chi connectivity index (χ2v) is 10.4. The predicted octanol–water partition coefficient (Wildman–Crippen LogP) is 3.68. The highest BCUT2D eigenvalue weighted by molar-refractivity contribution is 8.00. The van der Waals surface area contributed by atoms with Gasteiger partial charge in [-0.25, -0.2) is 14.8 Å². The van der Waals surface area contributed by atoms with Crippen molar-refractivity contribution in [2.24, 2.45) is 0 Å². The van der Waals surface area contributed by atoms with Gasteiger partial charge in [0.05, 0.1) is 5.75 Å². The lowest BCUT2D eigenvalue weighted by Crippen LogP contribution is -2.49. The summed E-state index contributed by atoms with van der Waals surface area (Å²) in [5.41, 5.74) is 3.55. The fourth-order valence-corrected chi connectivity index (χ4v) is 5.77. The van der Waals surface area contributed by atoms with Crippen LogP contribution < -0.4 is 10.7 Å². The molecule has 0 bridgehead atoms. The van der Waals surface area contributed by atoms with E-state index in [9.17, 15) is 14.4 Å². The van der Waals surface area contributed by atoms with Gasteiger partial charge in [-0.2, -0.15) is 5.01 Å². The first-order valence-corrected chi connectivity index (χ1v) is 12.4. The Balaban J connectivity index is 1.40. The highest BCUT2D eigenvalue weighted by Crippen LogP contribution is 2.35. The maximum Gasteiger partial charge on any atom is 0.344 e. The summed E-state index contributed by atoms with van der Waals surface area (Å²) < 4.78 is 0. The molecule has 1 unspecified atom stereocenters. The Morgan fingerprint density at radius 1 is 1.18 bits per heavy atom. The first-order valence-electron chi connectivity index (χ1n) is 10.6. The van der Waals surface area contributed by atoms with E-state index in [1.807, 2.05) is 51.1 Å². The molecule has 8 nitrogen and oxygen atoms in total. The van der Waals surface area contributed by atoms with Crippen LogP contribution in [0.5, 0.6) is 0 Å². The van der Waals surface area contributed by atoms with Crippen molar-refractivity contribution in [1.29, 1.82) is 0 Å². The molecule has 1 saturated heterocycles. The van der Waals surface area contributed by atoms with Gasteiger partial charge in [-0.15, -0.1) is 11.3 Å². The molecule has 3 heterocycles. The Morgan fingerprint density at radius 3 is 2.64 bits per heavy atom. The Labute approximate surface area is 200 Å². The fraction of sp³-hybridized carbons (Fsp3) is 0.348. The van der Waals surface area contributed by atoms with E-state index in [1.54, 1.807) is 18.3 Å². The van der Waals surface area contributed by atoms with E-state index in [2.05, 4.69) is 20.7 Å². The number of urea groups is 1. The van der Waals surface area contributed by atoms with Crippen LogP contribution in [-0.2, 0) is 16.0 Å². The molecule has 1 aliphatic heterocycles. The van der Waals surface area contributed by atoms with Gasteiger partial charge in [0.15, 0.2) is 0 Å². The average Bonchev–Trinajstić information content (AvgIpc) is 3.18. The molecular weight excluding hydrogens is 458 g/mol. The molecule has 4 rings (SSSR count). The number of aromatic nitrogens is 2. The second-order valence-electron chi connectivity index (χ2n) is 8.25. The predicted molar refractivity (Wildman–Crippen MR) is 129 cm³/mol. The fourth-order valence-electron chi connectivity index (χ4n) is 3.70. The van der Waals surface area contributed by atoms with Crippen LogP contribution >= 0.6 is 23.1 Å². The van der Waals surface area contributed by atoms with E-state index in [0.29, 0.717) is 18.7 Å². The number of thiophene rings is 1. The topological polar surface area (TPSA) is 104 Å². The molecule has 4 amide bonds. The van der Waals surface area contributed by atoms with Crippen molar-refractivity contribution in [3.8, 4) is 0 Å². The van der Waals surface area contributed by atoms with Crippen molar-refractivity contribution < 1.29 is 14.4 Å². The number of nitrogens with zero attached hydrogens (tertiary/aromatic N) is 3. The van der Waals surface area contributed by atoms with E-state index in [1.165, 1.54) is 11.8 Å². The quantitative estimate of drug-likeness (QED) is 0.302. The molecule has 10 heteroatoms. The molecule has 1 aliphatic rings. The first-order chi connectivity index (χ1) is 15.7. The zero-order valence-corrected chi connectivity index (χ0v) is 20.5. The van der Waals surface area contributed by atoms with Gasteiger partial charge in [0.25, 0.3) is 5.91 Å². The van der Waals surface area contributed by atoms with E-state index in [4.69, 9.17) is 0 Å². The number of hydrogen-bond acceptors (Lipinski definition) is 7. The minimum atomic E-state index is -1.07. The number of nitrogens with one attached hydrogen (secondary N) is 2. The first kappa shape index (κ1) is 23.2. The number of fused-ring (bicyclic) bond motifs is 1. The van der Waals surface area contributed by atoms with Crippen LogP contribution in [0.1, 0.15) is 35.2 Å². The third-order valence-electron chi connectivity index (χ3n) is 5.70. The molecule has 3 aromatic rings. The van der Waals surface area contributed by atoms with E-state index in [-0.39, 0.29) is 5.75 Å². The van der Waals surface area contributed by atoms with Crippen LogP contribution in [0.2, 0.25) is 0 Å². The SMILES string of the molecule is Cc1nc(SCC(=O)NN2C(=O)NC(C)(CCc3ccccc3)C2=O)c2c(C)c(C)sc2n1. The second kappa shape index (κ2) is 9.11. The van der Waals surface area contributed by atoms with Crippen molar-refractivity contribution in [2.75, 3.05) is 5.75 Å². The summed E-state index contributed by atoms with van der Waals surface area (Å²) in [6.07, 6.45) is 1.06. The van der Waals surface area contributed by atoms with Crippen molar-refractivity contribution in [1.82, 2.24) is 25.7 Å². The Hall–Kier alpha value is -2.98. The summed E-state index contributed by atoms with van der Waals surface area (Å²) in [5, 5.41) is 5.17. The van der Waals surface area contributed by atoms with Gasteiger partial charge in [0.1, 0.15) is 21.2 Å². The van der Waals surface area contributed by atoms with E-state index in [0.717, 1.165) is 36.3 Å². The van der Waals surface area contributed by atoms with Crippen molar-refractivity contribution in [3.63, 3.8) is 0 Å². The van der Waals surface area contributed by atoms with Gasteiger partial charge in [0.2, 0.25) is 5.91 Å². The van der Waals surface area contributed by atoms with Gasteiger partial charge in [-0.05, 0) is 51.7 Å². The third kappa shape index (κ3) is 4.72. The summed E-state index contributed by atoms with van der Waals surface area (Å²) in [6, 6.07) is 9.12. The van der Waals surface area contributed by atoms with E-state index < -0.39 is 23.4 Å². The highest BCUT2D eigenvalue weighted by Gasteiger charge is 2.48. The van der Waals surface area contributed by atoms with Gasteiger partial charge in [-0.3, -0.25) is 15.0 Å². The largest absolute Gasteiger partial charge is 0.344 e. The molecule has 33 heavy (non-hydrogen) atoms. The molecule has 0 radical (unpaired) electrons. The molecule has 1 atom stereocenters. The lowest BCUT2D eigenvalue weighted by atomic mass is 9.93. The summed E-state index contributed by atoms with van der Waals surface area (Å²) in [4.78, 5) is 49.0.